The summed E-state index contributed by atoms with van der Waals surface area (Å²) >= 11 is 0. The Hall–Kier alpha value is -3.48. The summed E-state index contributed by atoms with van der Waals surface area (Å²) in [6.45, 7) is -0.523. The lowest BCUT2D eigenvalue weighted by Crippen LogP contribution is -2.46. The van der Waals surface area contributed by atoms with Crippen LogP contribution in [0.2, 0.25) is 0 Å². The van der Waals surface area contributed by atoms with Crippen LogP contribution in [-0.2, 0) is 14.4 Å². The molecule has 2 aromatic rings. The van der Waals surface area contributed by atoms with Crippen molar-refractivity contribution in [2.75, 3.05) is 11.4 Å². The van der Waals surface area contributed by atoms with E-state index in [0.717, 1.165) is 10.5 Å². The van der Waals surface area contributed by atoms with E-state index in [2.05, 4.69) is 10.3 Å². The average Bonchev–Trinajstić information content (AvgIpc) is 2.73. The lowest BCUT2D eigenvalue weighted by molar-refractivity contribution is -0.136. The molecule has 0 spiro atoms. The summed E-state index contributed by atoms with van der Waals surface area (Å²) in [5.74, 6) is -1.76. The van der Waals surface area contributed by atoms with Crippen LogP contribution in [0.15, 0.2) is 59.6 Å². The molecule has 0 aromatic heterocycles. The SMILES string of the molecule is O=CNC1N=C(c2ccccc2)c2ccccc2N(CC(=O)O)C1=O. The summed E-state index contributed by atoms with van der Waals surface area (Å²) < 4.78 is 0. The third-order valence-electron chi connectivity index (χ3n) is 3.77. The fourth-order valence-electron chi connectivity index (χ4n) is 2.73. The number of anilines is 1. The summed E-state index contributed by atoms with van der Waals surface area (Å²) in [4.78, 5) is 40.4. The number of aliphatic imine (C=N–C) groups is 1. The third-order valence-corrected chi connectivity index (χ3v) is 3.77. The van der Waals surface area contributed by atoms with Crippen LogP contribution in [0.5, 0.6) is 0 Å². The number of carbonyl (C=O) groups is 3. The zero-order valence-corrected chi connectivity index (χ0v) is 13.1. The molecule has 25 heavy (non-hydrogen) atoms. The van der Waals surface area contributed by atoms with Gasteiger partial charge >= 0.3 is 5.97 Å². The number of hydrogen-bond acceptors (Lipinski definition) is 4. The minimum atomic E-state index is -1.19. The Labute approximate surface area is 143 Å². The molecule has 0 fully saturated rings. The molecule has 2 aromatic carbocycles. The zero-order valence-electron chi connectivity index (χ0n) is 13.1. The summed E-state index contributed by atoms with van der Waals surface area (Å²) in [5, 5.41) is 11.5. The molecule has 0 aliphatic carbocycles. The van der Waals surface area contributed by atoms with E-state index in [-0.39, 0.29) is 0 Å². The second kappa shape index (κ2) is 6.96. The number of nitrogens with zero attached hydrogens (tertiary/aromatic N) is 2. The number of amides is 2. The van der Waals surface area contributed by atoms with Gasteiger partial charge in [-0.2, -0.15) is 0 Å². The largest absolute Gasteiger partial charge is 0.480 e. The Balaban J connectivity index is 2.21. The molecule has 1 atom stereocenters. The molecule has 2 amide bonds. The second-order valence-corrected chi connectivity index (χ2v) is 5.37. The highest BCUT2D eigenvalue weighted by Crippen LogP contribution is 2.27. The van der Waals surface area contributed by atoms with E-state index in [1.54, 1.807) is 24.3 Å². The van der Waals surface area contributed by atoms with Crippen LogP contribution in [-0.4, -0.2) is 41.8 Å². The Morgan fingerprint density at radius 1 is 1.16 bits per heavy atom. The van der Waals surface area contributed by atoms with Gasteiger partial charge in [0.2, 0.25) is 12.6 Å². The molecule has 0 saturated carbocycles. The van der Waals surface area contributed by atoms with Gasteiger partial charge in [-0.15, -0.1) is 0 Å². The number of carboxylic acids is 1. The predicted molar refractivity (Wildman–Crippen MR) is 91.5 cm³/mol. The summed E-state index contributed by atoms with van der Waals surface area (Å²) in [7, 11) is 0. The fraction of sp³-hybridized carbons (Fsp3) is 0.111. The van der Waals surface area contributed by atoms with Crippen molar-refractivity contribution < 1.29 is 19.5 Å². The van der Waals surface area contributed by atoms with E-state index in [9.17, 15) is 19.5 Å². The molecule has 0 radical (unpaired) electrons. The average molecular weight is 337 g/mol. The Morgan fingerprint density at radius 3 is 2.52 bits per heavy atom. The standard InChI is InChI=1S/C18H15N3O4/c22-11-19-17-18(25)21(10-15(23)24)14-9-5-4-8-13(14)16(20-17)12-6-2-1-3-7-12/h1-9,11,17H,10H2,(H,19,22)(H,23,24). The number of rotatable bonds is 5. The van der Waals surface area contributed by atoms with Gasteiger partial charge in [0.15, 0.2) is 0 Å². The first-order chi connectivity index (χ1) is 12.1. The van der Waals surface area contributed by atoms with Crippen molar-refractivity contribution in [1.82, 2.24) is 5.32 Å². The maximum absolute atomic E-state index is 12.7. The lowest BCUT2D eigenvalue weighted by atomic mass is 10.0. The highest BCUT2D eigenvalue weighted by atomic mass is 16.4. The van der Waals surface area contributed by atoms with Crippen LogP contribution in [0.25, 0.3) is 0 Å². The van der Waals surface area contributed by atoms with Crippen LogP contribution >= 0.6 is 0 Å². The lowest BCUT2D eigenvalue weighted by Gasteiger charge is -2.23. The molecule has 1 aliphatic rings. The highest BCUT2D eigenvalue weighted by molar-refractivity contribution is 6.20. The molecular formula is C18H15N3O4. The van der Waals surface area contributed by atoms with E-state index in [4.69, 9.17) is 0 Å². The van der Waals surface area contributed by atoms with Gasteiger partial charge in [0, 0.05) is 11.1 Å². The first-order valence-corrected chi connectivity index (χ1v) is 7.57. The Kier molecular flexibility index (Phi) is 4.56. The number of carboxylic acid groups (broad SMARTS) is 1. The Bertz CT molecular complexity index is 848. The summed E-state index contributed by atoms with van der Waals surface area (Å²) in [6.07, 6.45) is -0.816. The molecule has 1 unspecified atom stereocenters. The normalized spacial score (nSPS) is 16.5. The minimum absolute atomic E-state index is 0.379. The number of nitrogens with one attached hydrogen (secondary N) is 1. The first kappa shape index (κ1) is 16.4. The topological polar surface area (TPSA) is 99.1 Å². The molecule has 3 rings (SSSR count). The predicted octanol–water partition coefficient (Wildman–Crippen LogP) is 1.03. The van der Waals surface area contributed by atoms with E-state index in [1.807, 2.05) is 30.3 Å². The third kappa shape index (κ3) is 3.25. The fourth-order valence-corrected chi connectivity index (χ4v) is 2.73. The molecule has 0 bridgehead atoms. The van der Waals surface area contributed by atoms with E-state index in [1.165, 1.54) is 0 Å². The van der Waals surface area contributed by atoms with Gasteiger partial charge in [0.25, 0.3) is 5.91 Å². The summed E-state index contributed by atoms with van der Waals surface area (Å²) in [6, 6.07) is 16.1. The number of fused-ring (bicyclic) bond motifs is 1. The van der Waals surface area contributed by atoms with Gasteiger partial charge in [0.1, 0.15) is 6.54 Å². The van der Waals surface area contributed by atoms with Gasteiger partial charge in [0.05, 0.1) is 11.4 Å². The molecule has 2 N–H and O–H groups in total. The number of carbonyl (C=O) groups excluding carboxylic acids is 2. The first-order valence-electron chi connectivity index (χ1n) is 7.57. The smallest absolute Gasteiger partial charge is 0.323 e. The van der Waals surface area contributed by atoms with Crippen LogP contribution in [0.3, 0.4) is 0 Å². The van der Waals surface area contributed by atoms with Crippen molar-refractivity contribution >= 4 is 29.7 Å². The Morgan fingerprint density at radius 2 is 1.84 bits per heavy atom. The van der Waals surface area contributed by atoms with Crippen molar-refractivity contribution in [3.05, 3.63) is 65.7 Å². The van der Waals surface area contributed by atoms with Crippen molar-refractivity contribution in [2.45, 2.75) is 6.17 Å². The number of hydrogen-bond donors (Lipinski definition) is 2. The maximum Gasteiger partial charge on any atom is 0.323 e. The summed E-state index contributed by atoms with van der Waals surface area (Å²) in [5.41, 5.74) is 2.33. The van der Waals surface area contributed by atoms with Crippen LogP contribution in [0.1, 0.15) is 11.1 Å². The van der Waals surface area contributed by atoms with Gasteiger partial charge < -0.3 is 10.4 Å². The maximum atomic E-state index is 12.7. The number of benzodiazepines with no additional fused rings is 1. The van der Waals surface area contributed by atoms with E-state index in [0.29, 0.717) is 23.4 Å². The molecule has 0 saturated heterocycles. The number of aliphatic carboxylic acids is 1. The monoisotopic (exact) mass is 337 g/mol. The van der Waals surface area contributed by atoms with Crippen molar-refractivity contribution in [2.24, 2.45) is 4.99 Å². The van der Waals surface area contributed by atoms with E-state index >= 15 is 0 Å². The van der Waals surface area contributed by atoms with Crippen molar-refractivity contribution in [1.29, 1.82) is 0 Å². The second-order valence-electron chi connectivity index (χ2n) is 5.37. The minimum Gasteiger partial charge on any atom is -0.480 e. The molecule has 126 valence electrons. The van der Waals surface area contributed by atoms with Gasteiger partial charge in [-0.25, -0.2) is 4.99 Å². The quantitative estimate of drug-likeness (QED) is 0.796. The molecular weight excluding hydrogens is 322 g/mol. The highest BCUT2D eigenvalue weighted by Gasteiger charge is 2.32. The molecule has 1 heterocycles. The number of para-hydroxylation sites is 1. The van der Waals surface area contributed by atoms with Gasteiger partial charge in [-0.05, 0) is 6.07 Å². The molecule has 1 aliphatic heterocycles. The molecule has 7 nitrogen and oxygen atoms in total. The van der Waals surface area contributed by atoms with Gasteiger partial charge in [-0.1, -0.05) is 48.5 Å². The zero-order chi connectivity index (χ0) is 17.8. The van der Waals surface area contributed by atoms with Crippen LogP contribution in [0.4, 0.5) is 5.69 Å². The van der Waals surface area contributed by atoms with Crippen molar-refractivity contribution in [3.63, 3.8) is 0 Å². The van der Waals surface area contributed by atoms with Crippen LogP contribution < -0.4 is 10.2 Å². The van der Waals surface area contributed by atoms with Gasteiger partial charge in [-0.3, -0.25) is 19.3 Å². The molecule has 7 heteroatoms. The van der Waals surface area contributed by atoms with E-state index < -0.39 is 24.6 Å². The van der Waals surface area contributed by atoms with Crippen molar-refractivity contribution in [3.8, 4) is 0 Å². The van der Waals surface area contributed by atoms with Crippen LogP contribution in [0, 0.1) is 0 Å². The number of benzene rings is 2.